The van der Waals surface area contributed by atoms with E-state index in [0.29, 0.717) is 16.2 Å². The van der Waals surface area contributed by atoms with E-state index in [1.54, 1.807) is 6.07 Å². The molecule has 0 saturated heterocycles. The van der Waals surface area contributed by atoms with Crippen molar-refractivity contribution in [2.45, 2.75) is 18.8 Å². The second-order valence-electron chi connectivity index (χ2n) is 3.79. The second kappa shape index (κ2) is 3.23. The van der Waals surface area contributed by atoms with E-state index in [-0.39, 0.29) is 5.82 Å². The van der Waals surface area contributed by atoms with Crippen LogP contribution >= 0.6 is 15.9 Å². The first-order chi connectivity index (χ1) is 7.25. The highest BCUT2D eigenvalue weighted by Crippen LogP contribution is 2.42. The first kappa shape index (κ1) is 9.21. The van der Waals surface area contributed by atoms with Gasteiger partial charge in [-0.15, -0.1) is 0 Å². The molecule has 1 saturated carbocycles. The zero-order valence-electron chi connectivity index (χ0n) is 7.87. The van der Waals surface area contributed by atoms with E-state index in [4.69, 9.17) is 0 Å². The minimum absolute atomic E-state index is 0.280. The number of benzene rings is 1. The van der Waals surface area contributed by atoms with Gasteiger partial charge in [0.25, 0.3) is 0 Å². The molecule has 3 rings (SSSR count). The van der Waals surface area contributed by atoms with E-state index in [1.165, 1.54) is 6.07 Å². The smallest absolute Gasteiger partial charge is 0.197 e. The van der Waals surface area contributed by atoms with Gasteiger partial charge < -0.3 is 0 Å². The number of hydrogen-bond acceptors (Lipinski definition) is 2. The first-order valence-corrected chi connectivity index (χ1v) is 5.66. The highest BCUT2D eigenvalue weighted by Gasteiger charge is 2.28. The van der Waals surface area contributed by atoms with Crippen molar-refractivity contribution in [3.05, 3.63) is 34.4 Å². The predicted molar refractivity (Wildman–Crippen MR) is 59.2 cm³/mol. The largest absolute Gasteiger partial charge is 0.226 e. The molecule has 0 bridgehead atoms. The fourth-order valence-corrected chi connectivity index (χ4v) is 2.15. The molecule has 1 heterocycles. The maximum absolute atomic E-state index is 13.5. The molecule has 1 aliphatic rings. The summed E-state index contributed by atoms with van der Waals surface area (Å²) in [6.45, 7) is 0. The maximum atomic E-state index is 13.5. The standard InChI is InChI=1S/C11H8BrFN2/c12-11-14-9(6-4-5-6)7-2-1-3-8(13)10(7)15-11/h1-3,6H,4-5H2. The van der Waals surface area contributed by atoms with Crippen molar-refractivity contribution in [1.82, 2.24) is 9.97 Å². The van der Waals surface area contributed by atoms with E-state index < -0.39 is 0 Å². The quantitative estimate of drug-likeness (QED) is 0.740. The molecule has 0 amide bonds. The molecule has 2 aromatic rings. The van der Waals surface area contributed by atoms with Crippen molar-refractivity contribution in [1.29, 1.82) is 0 Å². The second-order valence-corrected chi connectivity index (χ2v) is 4.50. The van der Waals surface area contributed by atoms with Gasteiger partial charge in [-0.1, -0.05) is 12.1 Å². The van der Waals surface area contributed by atoms with Crippen LogP contribution in [0.5, 0.6) is 0 Å². The highest BCUT2D eigenvalue weighted by atomic mass is 79.9. The summed E-state index contributed by atoms with van der Waals surface area (Å²) in [5.74, 6) is 0.214. The van der Waals surface area contributed by atoms with Gasteiger partial charge in [0.2, 0.25) is 0 Å². The van der Waals surface area contributed by atoms with Crippen molar-refractivity contribution < 1.29 is 4.39 Å². The van der Waals surface area contributed by atoms with Crippen molar-refractivity contribution >= 4 is 26.8 Å². The Balaban J connectivity index is 2.38. The monoisotopic (exact) mass is 266 g/mol. The lowest BCUT2D eigenvalue weighted by molar-refractivity contribution is 0.636. The first-order valence-electron chi connectivity index (χ1n) is 4.87. The van der Waals surface area contributed by atoms with Gasteiger partial charge >= 0.3 is 0 Å². The summed E-state index contributed by atoms with van der Waals surface area (Å²) in [7, 11) is 0. The molecule has 1 aromatic heterocycles. The van der Waals surface area contributed by atoms with Gasteiger partial charge in [-0.25, -0.2) is 14.4 Å². The Bertz CT molecular complexity index is 537. The Morgan fingerprint density at radius 1 is 1.27 bits per heavy atom. The van der Waals surface area contributed by atoms with Crippen LogP contribution in [0.3, 0.4) is 0 Å². The van der Waals surface area contributed by atoms with E-state index in [1.807, 2.05) is 6.07 Å². The Hall–Kier alpha value is -1.03. The van der Waals surface area contributed by atoms with Gasteiger partial charge in [0.05, 0.1) is 5.69 Å². The van der Waals surface area contributed by atoms with Gasteiger partial charge in [0.1, 0.15) is 11.3 Å². The van der Waals surface area contributed by atoms with E-state index in [2.05, 4.69) is 25.9 Å². The Morgan fingerprint density at radius 2 is 2.07 bits per heavy atom. The maximum Gasteiger partial charge on any atom is 0.197 e. The van der Waals surface area contributed by atoms with Crippen LogP contribution in [0.1, 0.15) is 24.5 Å². The molecule has 0 N–H and O–H groups in total. The number of aromatic nitrogens is 2. The van der Waals surface area contributed by atoms with Crippen molar-refractivity contribution in [3.63, 3.8) is 0 Å². The summed E-state index contributed by atoms with van der Waals surface area (Å²) in [6, 6.07) is 5.03. The number of fused-ring (bicyclic) bond motifs is 1. The Labute approximate surface area is 94.7 Å². The molecular weight excluding hydrogens is 259 g/mol. The molecule has 0 unspecified atom stereocenters. The van der Waals surface area contributed by atoms with Crippen LogP contribution in [0.15, 0.2) is 22.9 Å². The van der Waals surface area contributed by atoms with Crippen molar-refractivity contribution in [3.8, 4) is 0 Å². The van der Waals surface area contributed by atoms with Gasteiger partial charge in [0.15, 0.2) is 4.73 Å². The van der Waals surface area contributed by atoms with Crippen LogP contribution in [0, 0.1) is 5.82 Å². The van der Waals surface area contributed by atoms with Crippen molar-refractivity contribution in [2.24, 2.45) is 0 Å². The number of nitrogens with zero attached hydrogens (tertiary/aromatic N) is 2. The van der Waals surface area contributed by atoms with E-state index in [0.717, 1.165) is 23.9 Å². The zero-order valence-corrected chi connectivity index (χ0v) is 9.46. The third-order valence-electron chi connectivity index (χ3n) is 2.64. The highest BCUT2D eigenvalue weighted by molar-refractivity contribution is 9.10. The predicted octanol–water partition coefficient (Wildman–Crippen LogP) is 3.41. The molecule has 0 aliphatic heterocycles. The van der Waals surface area contributed by atoms with Crippen LogP contribution in [-0.2, 0) is 0 Å². The van der Waals surface area contributed by atoms with Gasteiger partial charge in [-0.3, -0.25) is 0 Å². The SMILES string of the molecule is Fc1cccc2c(C3CC3)nc(Br)nc12. The molecule has 76 valence electrons. The molecule has 1 aliphatic carbocycles. The zero-order chi connectivity index (χ0) is 10.4. The fraction of sp³-hybridized carbons (Fsp3) is 0.273. The summed E-state index contributed by atoms with van der Waals surface area (Å²) >= 11 is 3.22. The van der Waals surface area contributed by atoms with Crippen LogP contribution in [0.2, 0.25) is 0 Å². The molecule has 15 heavy (non-hydrogen) atoms. The fourth-order valence-electron chi connectivity index (χ4n) is 1.78. The normalized spacial score (nSPS) is 15.9. The Kier molecular flexibility index (Phi) is 1.99. The molecule has 0 atom stereocenters. The molecule has 1 aromatic carbocycles. The lowest BCUT2D eigenvalue weighted by Gasteiger charge is -2.04. The lowest BCUT2D eigenvalue weighted by Crippen LogP contribution is -1.95. The molecule has 0 radical (unpaired) electrons. The third kappa shape index (κ3) is 1.53. The lowest BCUT2D eigenvalue weighted by atomic mass is 10.1. The number of rotatable bonds is 1. The van der Waals surface area contributed by atoms with Crippen LogP contribution in [0.4, 0.5) is 4.39 Å². The summed E-state index contributed by atoms with van der Waals surface area (Å²) in [4.78, 5) is 8.42. The molecular formula is C11H8BrFN2. The summed E-state index contributed by atoms with van der Waals surface area (Å²) in [5, 5.41) is 0.848. The topological polar surface area (TPSA) is 25.8 Å². The molecule has 1 fully saturated rings. The summed E-state index contributed by atoms with van der Waals surface area (Å²) in [5.41, 5.74) is 1.40. The average Bonchev–Trinajstić information content (AvgIpc) is 3.02. The number of para-hydroxylation sites is 1. The van der Waals surface area contributed by atoms with E-state index in [9.17, 15) is 4.39 Å². The van der Waals surface area contributed by atoms with Crippen LogP contribution < -0.4 is 0 Å². The average molecular weight is 267 g/mol. The van der Waals surface area contributed by atoms with Gasteiger partial charge in [-0.05, 0) is 34.8 Å². The molecule has 4 heteroatoms. The number of halogens is 2. The number of hydrogen-bond donors (Lipinski definition) is 0. The minimum Gasteiger partial charge on any atom is -0.226 e. The van der Waals surface area contributed by atoms with E-state index >= 15 is 0 Å². The van der Waals surface area contributed by atoms with Crippen molar-refractivity contribution in [2.75, 3.05) is 0 Å². The van der Waals surface area contributed by atoms with Gasteiger partial charge in [0, 0.05) is 11.3 Å². The van der Waals surface area contributed by atoms with Crippen LogP contribution in [-0.4, -0.2) is 9.97 Å². The van der Waals surface area contributed by atoms with Gasteiger partial charge in [-0.2, -0.15) is 0 Å². The molecule has 0 spiro atoms. The molecule has 2 nitrogen and oxygen atoms in total. The third-order valence-corrected chi connectivity index (χ3v) is 3.00. The van der Waals surface area contributed by atoms with Crippen LogP contribution in [0.25, 0.3) is 10.9 Å². The summed E-state index contributed by atoms with van der Waals surface area (Å²) < 4.78 is 14.0. The Morgan fingerprint density at radius 3 is 2.80 bits per heavy atom. The summed E-state index contributed by atoms with van der Waals surface area (Å²) in [6.07, 6.45) is 2.30. The minimum atomic E-state index is -0.280.